The molecule has 1 aliphatic rings. The second-order valence-electron chi connectivity index (χ2n) is 7.37. The average Bonchev–Trinajstić information content (AvgIpc) is 2.80. The lowest BCUT2D eigenvalue weighted by Crippen LogP contribution is -2.64. The molecule has 0 radical (unpaired) electrons. The molecule has 1 saturated heterocycles. The molecule has 1 aromatic rings. The maximum absolute atomic E-state index is 12.4. The Labute approximate surface area is 205 Å². The third-order valence-electron chi connectivity index (χ3n) is 4.67. The summed E-state index contributed by atoms with van der Waals surface area (Å²) in [5, 5.41) is 10.4. The Bertz CT molecular complexity index is 1030. The number of carbonyl (C=O) groups is 5. The number of hydrogen-bond acceptors (Lipinski definition) is 13. The lowest BCUT2D eigenvalue weighted by molar-refractivity contribution is -0.282. The molecule has 0 amide bonds. The number of phenolic OH excluding ortho intramolecular Hbond substituents is 1. The summed E-state index contributed by atoms with van der Waals surface area (Å²) in [6.45, 7) is 3.17. The van der Waals surface area contributed by atoms with Crippen molar-refractivity contribution in [3.8, 4) is 11.5 Å². The second-order valence-corrected chi connectivity index (χ2v) is 7.37. The molecule has 0 aliphatic carbocycles. The van der Waals surface area contributed by atoms with Crippen molar-refractivity contribution in [2.45, 2.75) is 51.5 Å². The van der Waals surface area contributed by atoms with Crippen LogP contribution < -0.4 is 4.74 Å². The number of rotatable bonds is 8. The Morgan fingerprint density at radius 2 is 1.44 bits per heavy atom. The summed E-state index contributed by atoms with van der Waals surface area (Å²) < 4.78 is 36.2. The van der Waals surface area contributed by atoms with E-state index in [1.54, 1.807) is 0 Å². The first-order valence-corrected chi connectivity index (χ1v) is 10.5. The fourth-order valence-corrected chi connectivity index (χ4v) is 3.27. The van der Waals surface area contributed by atoms with Gasteiger partial charge >= 0.3 is 29.8 Å². The monoisotopic (exact) mass is 510 g/mol. The maximum Gasteiger partial charge on any atom is 0.339 e. The number of hydrogen-bond donors (Lipinski definition) is 1. The van der Waals surface area contributed by atoms with Crippen LogP contribution in [0.2, 0.25) is 0 Å². The van der Waals surface area contributed by atoms with Gasteiger partial charge in [0.2, 0.25) is 12.4 Å². The molecule has 0 saturated carbocycles. The maximum atomic E-state index is 12.4. The largest absolute Gasteiger partial charge is 0.504 e. The quantitative estimate of drug-likeness (QED) is 0.294. The molecule has 1 aliphatic heterocycles. The van der Waals surface area contributed by atoms with Crippen molar-refractivity contribution in [3.63, 3.8) is 0 Å². The summed E-state index contributed by atoms with van der Waals surface area (Å²) in [5.74, 6) is -4.72. The van der Waals surface area contributed by atoms with Gasteiger partial charge in [0, 0.05) is 26.8 Å². The van der Waals surface area contributed by atoms with E-state index in [-0.39, 0.29) is 5.75 Å². The van der Waals surface area contributed by atoms with Crippen LogP contribution >= 0.6 is 0 Å². The lowest BCUT2D eigenvalue weighted by atomic mass is 9.97. The normalized spacial score (nSPS) is 23.3. The standard InChI is InChI=1S/C23H26O13/c1-11(24)32-18-19(33-12(2)25)21(34-13(3)26)23(36-20(18)22(29)31-5)35-16-8-6-14(10-15(16)27)7-9-17(28)30-4/h6-10,18-21,23,27H,1-5H3/b9-7+/t18-,19-,20-,21+,23+/m0/s1. The molecular formula is C23H26O13. The molecule has 196 valence electrons. The van der Waals surface area contributed by atoms with Crippen LogP contribution in [0.3, 0.4) is 0 Å². The van der Waals surface area contributed by atoms with E-state index in [2.05, 4.69) is 4.74 Å². The third kappa shape index (κ3) is 7.43. The number of methoxy groups -OCH3 is 2. The van der Waals surface area contributed by atoms with Crippen molar-refractivity contribution in [2.75, 3.05) is 14.2 Å². The summed E-state index contributed by atoms with van der Waals surface area (Å²) in [4.78, 5) is 59.1. The van der Waals surface area contributed by atoms with E-state index in [0.29, 0.717) is 5.56 Å². The van der Waals surface area contributed by atoms with Crippen molar-refractivity contribution in [3.05, 3.63) is 29.8 Å². The number of carbonyl (C=O) groups excluding carboxylic acids is 5. The number of benzene rings is 1. The molecule has 5 atom stereocenters. The zero-order valence-electron chi connectivity index (χ0n) is 20.1. The van der Waals surface area contributed by atoms with Crippen LogP contribution in [-0.4, -0.2) is 79.9 Å². The van der Waals surface area contributed by atoms with Crippen molar-refractivity contribution in [2.24, 2.45) is 0 Å². The molecule has 13 nitrogen and oxygen atoms in total. The van der Waals surface area contributed by atoms with Crippen molar-refractivity contribution >= 4 is 35.9 Å². The molecule has 0 spiro atoms. The number of phenols is 1. The zero-order valence-corrected chi connectivity index (χ0v) is 20.1. The zero-order chi connectivity index (χ0) is 27.0. The minimum Gasteiger partial charge on any atom is -0.504 e. The fraction of sp³-hybridized carbons (Fsp3) is 0.435. The Morgan fingerprint density at radius 1 is 0.861 bits per heavy atom. The summed E-state index contributed by atoms with van der Waals surface area (Å²) in [6.07, 6.45) is -5.39. The van der Waals surface area contributed by atoms with E-state index in [0.717, 1.165) is 34.0 Å². The van der Waals surface area contributed by atoms with Gasteiger partial charge in [0.1, 0.15) is 0 Å². The molecule has 1 N–H and O–H groups in total. The Morgan fingerprint density at radius 3 is 1.97 bits per heavy atom. The van der Waals surface area contributed by atoms with Gasteiger partial charge in [-0.3, -0.25) is 14.4 Å². The summed E-state index contributed by atoms with van der Waals surface area (Å²) >= 11 is 0. The van der Waals surface area contributed by atoms with Gasteiger partial charge in [-0.15, -0.1) is 0 Å². The third-order valence-corrected chi connectivity index (χ3v) is 4.67. The Balaban J connectivity index is 2.47. The van der Waals surface area contributed by atoms with Crippen molar-refractivity contribution in [1.82, 2.24) is 0 Å². The van der Waals surface area contributed by atoms with Gasteiger partial charge in [0.15, 0.2) is 29.8 Å². The summed E-state index contributed by atoms with van der Waals surface area (Å²) in [7, 11) is 2.26. The molecule has 0 bridgehead atoms. The van der Waals surface area contributed by atoms with Crippen LogP contribution in [-0.2, 0) is 52.4 Å². The van der Waals surface area contributed by atoms with Crippen LogP contribution in [0.1, 0.15) is 26.3 Å². The highest BCUT2D eigenvalue weighted by atomic mass is 16.7. The van der Waals surface area contributed by atoms with E-state index in [1.165, 1.54) is 31.4 Å². The van der Waals surface area contributed by atoms with E-state index in [4.69, 9.17) is 28.4 Å². The average molecular weight is 510 g/mol. The highest BCUT2D eigenvalue weighted by Gasteiger charge is 2.55. The van der Waals surface area contributed by atoms with Gasteiger partial charge in [-0.2, -0.15) is 0 Å². The van der Waals surface area contributed by atoms with Crippen LogP contribution in [0.15, 0.2) is 24.3 Å². The van der Waals surface area contributed by atoms with E-state index in [9.17, 15) is 29.1 Å². The highest BCUT2D eigenvalue weighted by Crippen LogP contribution is 2.34. The molecular weight excluding hydrogens is 484 g/mol. The van der Waals surface area contributed by atoms with Gasteiger partial charge in [-0.1, -0.05) is 6.07 Å². The number of aromatic hydroxyl groups is 1. The molecule has 0 aromatic heterocycles. The topological polar surface area (TPSA) is 170 Å². The number of ether oxygens (including phenoxy) is 7. The molecule has 0 unspecified atom stereocenters. The fourth-order valence-electron chi connectivity index (χ4n) is 3.27. The Hall–Kier alpha value is -4.13. The van der Waals surface area contributed by atoms with Crippen molar-refractivity contribution in [1.29, 1.82) is 0 Å². The first kappa shape index (κ1) is 28.1. The van der Waals surface area contributed by atoms with Crippen LogP contribution in [0.25, 0.3) is 6.08 Å². The lowest BCUT2D eigenvalue weighted by Gasteiger charge is -2.43. The minimum atomic E-state index is -1.65. The highest BCUT2D eigenvalue weighted by molar-refractivity contribution is 5.87. The first-order valence-electron chi connectivity index (χ1n) is 10.5. The van der Waals surface area contributed by atoms with E-state index in [1.807, 2.05) is 0 Å². The van der Waals surface area contributed by atoms with Gasteiger partial charge in [0.05, 0.1) is 14.2 Å². The van der Waals surface area contributed by atoms with Gasteiger partial charge in [-0.05, 0) is 23.8 Å². The molecule has 13 heteroatoms. The minimum absolute atomic E-state index is 0.177. The molecule has 1 aromatic carbocycles. The van der Waals surface area contributed by atoms with Crippen molar-refractivity contribution < 1.29 is 62.2 Å². The SMILES string of the molecule is COC(=O)/C=C/c1ccc(O[C@@H]2O[C@H](C(=O)OC)[C@@H](OC(C)=O)[C@H](OC(C)=O)[C@H]2OC(C)=O)c(O)c1. The van der Waals surface area contributed by atoms with Crippen LogP contribution in [0.5, 0.6) is 11.5 Å². The molecule has 36 heavy (non-hydrogen) atoms. The predicted octanol–water partition coefficient (Wildman–Crippen LogP) is 0.650. The van der Waals surface area contributed by atoms with Gasteiger partial charge < -0.3 is 38.3 Å². The predicted molar refractivity (Wildman–Crippen MR) is 117 cm³/mol. The summed E-state index contributed by atoms with van der Waals surface area (Å²) in [6, 6.07) is 4.04. The van der Waals surface area contributed by atoms with Gasteiger partial charge in [-0.25, -0.2) is 9.59 Å². The van der Waals surface area contributed by atoms with Crippen LogP contribution in [0, 0.1) is 0 Å². The van der Waals surface area contributed by atoms with Gasteiger partial charge in [0.25, 0.3) is 0 Å². The van der Waals surface area contributed by atoms with E-state index < -0.39 is 66.3 Å². The molecule has 1 heterocycles. The smallest absolute Gasteiger partial charge is 0.339 e. The molecule has 1 fully saturated rings. The number of esters is 5. The van der Waals surface area contributed by atoms with E-state index >= 15 is 0 Å². The molecule has 2 rings (SSSR count). The van der Waals surface area contributed by atoms with Crippen LogP contribution in [0.4, 0.5) is 0 Å². The summed E-state index contributed by atoms with van der Waals surface area (Å²) in [5.41, 5.74) is 0.409. The first-order chi connectivity index (χ1) is 17.0. The second kappa shape index (κ2) is 12.5. The Kier molecular flexibility index (Phi) is 9.79.